The van der Waals surface area contributed by atoms with Gasteiger partial charge in [0, 0.05) is 14.7 Å². The number of halogens is 2. The van der Waals surface area contributed by atoms with Crippen LogP contribution in [0, 0.1) is 7.14 Å². The number of benzene rings is 3. The standard InChI is InChI=1S/C31H24I2N2O4S/c1-3-15-39-28-21(16-22(32)18-23(28)33)17-24-29(36)35-27(20-13-9-6-10-14-20)25(30(37)38-4-2)26(34-31(35)40-24)19-11-7-5-8-12-19/h3,5-14,16-18,27H,1,4,15H2,2H3/b24-17-/t27-/m0/s1. The Morgan fingerprint density at radius 3 is 2.48 bits per heavy atom. The fourth-order valence-electron chi connectivity index (χ4n) is 4.51. The molecule has 5 rings (SSSR count). The molecule has 1 aromatic heterocycles. The zero-order valence-corrected chi connectivity index (χ0v) is 26.6. The van der Waals surface area contributed by atoms with Crippen LogP contribution < -0.4 is 19.6 Å². The molecule has 9 heteroatoms. The second-order valence-corrected chi connectivity index (χ2v) is 12.2. The summed E-state index contributed by atoms with van der Waals surface area (Å²) in [6, 6.07) is 22.3. The molecule has 0 fully saturated rings. The number of carbonyl (C=O) groups excluding carboxylic acids is 1. The third-order valence-electron chi connectivity index (χ3n) is 6.16. The number of hydrogen-bond acceptors (Lipinski definition) is 6. The molecule has 0 bridgehead atoms. The van der Waals surface area contributed by atoms with Crippen molar-refractivity contribution in [1.82, 2.24) is 4.57 Å². The van der Waals surface area contributed by atoms with Crippen molar-refractivity contribution in [2.45, 2.75) is 13.0 Å². The summed E-state index contributed by atoms with van der Waals surface area (Å²) in [4.78, 5) is 33.0. The predicted octanol–water partition coefficient (Wildman–Crippen LogP) is 5.71. The van der Waals surface area contributed by atoms with Crippen molar-refractivity contribution in [2.24, 2.45) is 4.99 Å². The monoisotopic (exact) mass is 774 g/mol. The summed E-state index contributed by atoms with van der Waals surface area (Å²) in [6.45, 7) is 6.07. The Balaban J connectivity index is 1.81. The van der Waals surface area contributed by atoms with Crippen LogP contribution in [0.15, 0.2) is 101 Å². The molecule has 1 aliphatic heterocycles. The van der Waals surface area contributed by atoms with E-state index in [-0.39, 0.29) is 12.2 Å². The molecular weight excluding hydrogens is 750 g/mol. The summed E-state index contributed by atoms with van der Waals surface area (Å²) in [6.07, 6.45) is 3.53. The Labute approximate surface area is 262 Å². The molecule has 0 saturated heterocycles. The highest BCUT2D eigenvalue weighted by molar-refractivity contribution is 14.1. The smallest absolute Gasteiger partial charge is 0.338 e. The molecule has 6 nitrogen and oxygen atoms in total. The lowest BCUT2D eigenvalue weighted by molar-refractivity contribution is -0.138. The minimum atomic E-state index is -0.707. The topological polar surface area (TPSA) is 69.9 Å². The van der Waals surface area contributed by atoms with E-state index >= 15 is 0 Å². The molecule has 0 unspecified atom stereocenters. The van der Waals surface area contributed by atoms with Gasteiger partial charge in [0.2, 0.25) is 0 Å². The highest BCUT2D eigenvalue weighted by atomic mass is 127. The fraction of sp³-hybridized carbons (Fsp3) is 0.129. The van der Waals surface area contributed by atoms with E-state index in [2.05, 4.69) is 51.8 Å². The molecule has 0 aliphatic carbocycles. The van der Waals surface area contributed by atoms with Crippen LogP contribution in [0.2, 0.25) is 0 Å². The first kappa shape index (κ1) is 28.5. The average Bonchev–Trinajstić information content (AvgIpc) is 3.27. The first-order valence-corrected chi connectivity index (χ1v) is 15.5. The number of aromatic nitrogens is 1. The van der Waals surface area contributed by atoms with E-state index in [4.69, 9.17) is 14.5 Å². The first-order chi connectivity index (χ1) is 19.4. The highest BCUT2D eigenvalue weighted by Gasteiger charge is 2.35. The number of fused-ring (bicyclic) bond motifs is 1. The average molecular weight is 774 g/mol. The van der Waals surface area contributed by atoms with Crippen molar-refractivity contribution in [2.75, 3.05) is 13.2 Å². The molecule has 0 amide bonds. The maximum Gasteiger partial charge on any atom is 0.338 e. The maximum absolute atomic E-state index is 14.1. The van der Waals surface area contributed by atoms with E-state index in [0.29, 0.717) is 33.0 Å². The molecule has 3 aromatic carbocycles. The lowest BCUT2D eigenvalue weighted by atomic mass is 9.93. The molecule has 2 heterocycles. The number of esters is 1. The molecule has 1 aliphatic rings. The third-order valence-corrected chi connectivity index (χ3v) is 8.57. The summed E-state index contributed by atoms with van der Waals surface area (Å²) in [7, 11) is 0. The minimum Gasteiger partial charge on any atom is -0.488 e. The minimum absolute atomic E-state index is 0.203. The first-order valence-electron chi connectivity index (χ1n) is 12.5. The maximum atomic E-state index is 14.1. The number of rotatable bonds is 8. The van der Waals surface area contributed by atoms with Crippen LogP contribution in [0.4, 0.5) is 0 Å². The fourth-order valence-corrected chi connectivity index (χ4v) is 7.55. The van der Waals surface area contributed by atoms with Crippen LogP contribution in [0.5, 0.6) is 5.75 Å². The number of thiazole rings is 1. The Bertz CT molecular complexity index is 1790. The molecule has 0 spiro atoms. The molecule has 1 atom stereocenters. The van der Waals surface area contributed by atoms with Gasteiger partial charge in [0.1, 0.15) is 12.4 Å². The van der Waals surface area contributed by atoms with Gasteiger partial charge in [-0.1, -0.05) is 84.7 Å². The van der Waals surface area contributed by atoms with Gasteiger partial charge in [-0.15, -0.1) is 0 Å². The Hall–Kier alpha value is -3.03. The van der Waals surface area contributed by atoms with E-state index in [1.807, 2.05) is 78.9 Å². The van der Waals surface area contributed by atoms with Gasteiger partial charge in [-0.3, -0.25) is 9.36 Å². The summed E-state index contributed by atoms with van der Waals surface area (Å²) in [5, 5.41) is 0. The number of carbonyl (C=O) groups is 1. The van der Waals surface area contributed by atoms with Crippen LogP contribution in [-0.4, -0.2) is 23.8 Å². The zero-order valence-electron chi connectivity index (χ0n) is 21.5. The van der Waals surface area contributed by atoms with Crippen LogP contribution in [0.25, 0.3) is 11.8 Å². The van der Waals surface area contributed by atoms with Gasteiger partial charge in [0.15, 0.2) is 4.80 Å². The van der Waals surface area contributed by atoms with Crippen molar-refractivity contribution in [1.29, 1.82) is 0 Å². The van der Waals surface area contributed by atoms with Gasteiger partial charge in [0.05, 0.1) is 32.0 Å². The second-order valence-electron chi connectivity index (χ2n) is 8.75. The van der Waals surface area contributed by atoms with E-state index < -0.39 is 12.0 Å². The van der Waals surface area contributed by atoms with Gasteiger partial charge < -0.3 is 9.47 Å². The predicted molar refractivity (Wildman–Crippen MR) is 175 cm³/mol. The molecule has 0 radical (unpaired) electrons. The molecule has 0 saturated carbocycles. The van der Waals surface area contributed by atoms with Gasteiger partial charge in [-0.2, -0.15) is 0 Å². The van der Waals surface area contributed by atoms with Crippen molar-refractivity contribution < 1.29 is 14.3 Å². The van der Waals surface area contributed by atoms with Gasteiger partial charge >= 0.3 is 5.97 Å². The molecule has 202 valence electrons. The SMILES string of the molecule is C=CCOc1c(I)cc(I)cc1/C=c1\sc2n(c1=O)[C@@H](c1ccccc1)C(C(=O)OCC)=C(c1ccccc1)N=2. The number of hydrogen-bond donors (Lipinski definition) is 0. The molecule has 40 heavy (non-hydrogen) atoms. The Morgan fingerprint density at radius 1 is 1.10 bits per heavy atom. The third kappa shape index (κ3) is 5.72. The number of nitrogens with zero attached hydrogens (tertiary/aromatic N) is 2. The Morgan fingerprint density at radius 2 is 1.80 bits per heavy atom. The summed E-state index contributed by atoms with van der Waals surface area (Å²) < 4.78 is 15.5. The summed E-state index contributed by atoms with van der Waals surface area (Å²) in [5.41, 5.74) is 2.94. The lowest BCUT2D eigenvalue weighted by Gasteiger charge is -2.25. The lowest BCUT2D eigenvalue weighted by Crippen LogP contribution is -2.40. The van der Waals surface area contributed by atoms with E-state index in [1.165, 1.54) is 11.3 Å². The van der Waals surface area contributed by atoms with Crippen LogP contribution >= 0.6 is 56.5 Å². The van der Waals surface area contributed by atoms with Crippen LogP contribution in [0.3, 0.4) is 0 Å². The highest BCUT2D eigenvalue weighted by Crippen LogP contribution is 2.35. The molecule has 4 aromatic rings. The van der Waals surface area contributed by atoms with Crippen molar-refractivity contribution in [3.05, 3.63) is 135 Å². The van der Waals surface area contributed by atoms with Crippen molar-refractivity contribution in [3.8, 4) is 5.75 Å². The quantitative estimate of drug-likeness (QED) is 0.131. The second kappa shape index (κ2) is 12.6. The summed E-state index contributed by atoms with van der Waals surface area (Å²) in [5.74, 6) is 0.184. The van der Waals surface area contributed by atoms with Crippen LogP contribution in [0.1, 0.15) is 29.7 Å². The Kier molecular flexibility index (Phi) is 9.01. The van der Waals surface area contributed by atoms with Gasteiger partial charge in [0.25, 0.3) is 5.56 Å². The van der Waals surface area contributed by atoms with E-state index in [1.54, 1.807) is 17.6 Å². The normalized spacial score (nSPS) is 14.9. The van der Waals surface area contributed by atoms with Crippen LogP contribution in [-0.2, 0) is 9.53 Å². The van der Waals surface area contributed by atoms with E-state index in [0.717, 1.165) is 23.8 Å². The largest absolute Gasteiger partial charge is 0.488 e. The number of ether oxygens (including phenoxy) is 2. The zero-order chi connectivity index (χ0) is 28.2. The van der Waals surface area contributed by atoms with E-state index in [9.17, 15) is 9.59 Å². The molecular formula is C31H24I2N2O4S. The van der Waals surface area contributed by atoms with Crippen molar-refractivity contribution >= 4 is 74.3 Å². The summed E-state index contributed by atoms with van der Waals surface area (Å²) >= 11 is 5.78. The molecule has 0 N–H and O–H groups in total. The van der Waals surface area contributed by atoms with Gasteiger partial charge in [-0.25, -0.2) is 9.79 Å². The van der Waals surface area contributed by atoms with Crippen molar-refractivity contribution in [3.63, 3.8) is 0 Å². The van der Waals surface area contributed by atoms with Gasteiger partial charge in [-0.05, 0) is 75.9 Å².